The van der Waals surface area contributed by atoms with E-state index in [1.54, 1.807) is 24.3 Å². The molecule has 1 atom stereocenters. The van der Waals surface area contributed by atoms with E-state index >= 15 is 0 Å². The lowest BCUT2D eigenvalue weighted by atomic mass is 10.2. The molecule has 10 heteroatoms. The Morgan fingerprint density at radius 3 is 2.53 bits per heavy atom. The summed E-state index contributed by atoms with van der Waals surface area (Å²) in [6.45, 7) is 5.25. The standard InChI is InChI=1S/C22H21Br2N3O5/c1-11(2)20-26-17-6-5-14(23)8-16(17)21(28)27(20)25-10-13-7-15(24)9-18(31-4)19(13)32-12(3)22(29)30/h5-12H,1-4H3,(H,29,30)/t12-/m0/s1. The van der Waals surface area contributed by atoms with Crippen LogP contribution < -0.4 is 15.0 Å². The molecule has 1 aromatic heterocycles. The Morgan fingerprint density at radius 2 is 1.91 bits per heavy atom. The maximum Gasteiger partial charge on any atom is 0.344 e. The predicted octanol–water partition coefficient (Wildman–Crippen LogP) is 4.79. The maximum absolute atomic E-state index is 13.2. The molecule has 0 spiro atoms. The van der Waals surface area contributed by atoms with Crippen LogP contribution in [0, 0.1) is 0 Å². The lowest BCUT2D eigenvalue weighted by Gasteiger charge is -2.17. The van der Waals surface area contributed by atoms with E-state index in [2.05, 4.69) is 41.9 Å². The second-order valence-corrected chi connectivity index (χ2v) is 9.10. The minimum Gasteiger partial charge on any atom is -0.493 e. The van der Waals surface area contributed by atoms with Crippen molar-refractivity contribution in [2.24, 2.45) is 5.10 Å². The maximum atomic E-state index is 13.2. The van der Waals surface area contributed by atoms with Crippen molar-refractivity contribution in [1.29, 1.82) is 0 Å². The first-order chi connectivity index (χ1) is 15.1. The molecule has 0 aliphatic carbocycles. The summed E-state index contributed by atoms with van der Waals surface area (Å²) >= 11 is 6.79. The minimum atomic E-state index is -1.12. The van der Waals surface area contributed by atoms with Gasteiger partial charge in [0, 0.05) is 20.4 Å². The quantitative estimate of drug-likeness (QED) is 0.412. The smallest absolute Gasteiger partial charge is 0.344 e. The van der Waals surface area contributed by atoms with Crippen molar-refractivity contribution in [2.45, 2.75) is 32.8 Å². The van der Waals surface area contributed by atoms with Gasteiger partial charge < -0.3 is 14.6 Å². The third-order valence-electron chi connectivity index (χ3n) is 4.57. The van der Waals surface area contributed by atoms with Gasteiger partial charge in [0.2, 0.25) is 0 Å². The topological polar surface area (TPSA) is 103 Å². The summed E-state index contributed by atoms with van der Waals surface area (Å²) in [6.07, 6.45) is 0.307. The van der Waals surface area contributed by atoms with Gasteiger partial charge in [0.25, 0.3) is 5.56 Å². The number of nitrogens with zero attached hydrogens (tertiary/aromatic N) is 3. The first-order valence-corrected chi connectivity index (χ1v) is 11.2. The Kier molecular flexibility index (Phi) is 7.35. The van der Waals surface area contributed by atoms with E-state index in [1.807, 2.05) is 19.9 Å². The van der Waals surface area contributed by atoms with Gasteiger partial charge in [-0.3, -0.25) is 4.79 Å². The fourth-order valence-electron chi connectivity index (χ4n) is 2.96. The molecule has 0 radical (unpaired) electrons. The van der Waals surface area contributed by atoms with E-state index < -0.39 is 12.1 Å². The van der Waals surface area contributed by atoms with Crippen molar-refractivity contribution in [3.05, 3.63) is 61.0 Å². The van der Waals surface area contributed by atoms with Crippen LogP contribution in [0.15, 0.2) is 49.2 Å². The van der Waals surface area contributed by atoms with Crippen LogP contribution in [0.4, 0.5) is 0 Å². The zero-order valence-corrected chi connectivity index (χ0v) is 21.0. The number of rotatable bonds is 7. The summed E-state index contributed by atoms with van der Waals surface area (Å²) in [7, 11) is 1.45. The summed E-state index contributed by atoms with van der Waals surface area (Å²) in [5, 5.41) is 14.1. The number of fused-ring (bicyclic) bond motifs is 1. The van der Waals surface area contributed by atoms with Gasteiger partial charge in [0.1, 0.15) is 5.82 Å². The number of carboxylic acid groups (broad SMARTS) is 1. The van der Waals surface area contributed by atoms with E-state index in [-0.39, 0.29) is 17.2 Å². The zero-order valence-electron chi connectivity index (χ0n) is 17.8. The van der Waals surface area contributed by atoms with Gasteiger partial charge >= 0.3 is 5.97 Å². The first-order valence-electron chi connectivity index (χ1n) is 9.66. The summed E-state index contributed by atoms with van der Waals surface area (Å²) in [5.74, 6) is -0.187. The number of carbonyl (C=O) groups is 1. The Hall–Kier alpha value is -2.72. The second kappa shape index (κ2) is 9.83. The number of hydrogen-bond acceptors (Lipinski definition) is 6. The van der Waals surface area contributed by atoms with E-state index in [0.29, 0.717) is 32.5 Å². The third-order valence-corrected chi connectivity index (χ3v) is 5.52. The average Bonchev–Trinajstić information content (AvgIpc) is 2.74. The van der Waals surface area contributed by atoms with Crippen molar-refractivity contribution in [3.63, 3.8) is 0 Å². The number of aromatic nitrogens is 2. The number of halogens is 2. The molecule has 3 aromatic rings. The number of aliphatic carboxylic acids is 1. The molecule has 168 valence electrons. The molecule has 0 bridgehead atoms. The zero-order chi connectivity index (χ0) is 23.6. The lowest BCUT2D eigenvalue weighted by Crippen LogP contribution is -2.24. The highest BCUT2D eigenvalue weighted by Gasteiger charge is 2.20. The van der Waals surface area contributed by atoms with Gasteiger partial charge in [0.05, 0.1) is 24.2 Å². The van der Waals surface area contributed by atoms with Gasteiger partial charge in [-0.2, -0.15) is 9.78 Å². The minimum absolute atomic E-state index is 0.0762. The molecule has 0 amide bonds. The highest BCUT2D eigenvalue weighted by Crippen LogP contribution is 2.35. The molecule has 1 heterocycles. The molecule has 0 aliphatic rings. The van der Waals surface area contributed by atoms with Crippen LogP contribution in [-0.2, 0) is 4.79 Å². The fraction of sp³-hybridized carbons (Fsp3) is 0.273. The van der Waals surface area contributed by atoms with Crippen molar-refractivity contribution < 1.29 is 19.4 Å². The van der Waals surface area contributed by atoms with Crippen LogP contribution in [0.1, 0.15) is 38.1 Å². The van der Waals surface area contributed by atoms with E-state index in [0.717, 1.165) is 4.47 Å². The van der Waals surface area contributed by atoms with Crippen LogP contribution in [0.2, 0.25) is 0 Å². The molecular formula is C22H21Br2N3O5. The Labute approximate surface area is 201 Å². The van der Waals surface area contributed by atoms with Crippen LogP contribution in [0.3, 0.4) is 0 Å². The summed E-state index contributed by atoms with van der Waals surface area (Å²) in [5.41, 5.74) is 0.691. The van der Waals surface area contributed by atoms with Gasteiger partial charge in [-0.05, 0) is 37.3 Å². The highest BCUT2D eigenvalue weighted by molar-refractivity contribution is 9.10. The van der Waals surface area contributed by atoms with E-state index in [9.17, 15) is 14.7 Å². The molecular weight excluding hydrogens is 546 g/mol. The summed E-state index contributed by atoms with van der Waals surface area (Å²) in [4.78, 5) is 29.1. The van der Waals surface area contributed by atoms with Crippen LogP contribution in [-0.4, -0.2) is 40.2 Å². The number of benzene rings is 2. The Bertz CT molecular complexity index is 1270. The van der Waals surface area contributed by atoms with E-state index in [4.69, 9.17) is 9.47 Å². The highest BCUT2D eigenvalue weighted by atomic mass is 79.9. The monoisotopic (exact) mass is 565 g/mol. The molecule has 0 fully saturated rings. The van der Waals surface area contributed by atoms with Crippen molar-refractivity contribution in [3.8, 4) is 11.5 Å². The van der Waals surface area contributed by atoms with Crippen molar-refractivity contribution in [1.82, 2.24) is 9.66 Å². The molecule has 8 nitrogen and oxygen atoms in total. The summed E-state index contributed by atoms with van der Waals surface area (Å²) < 4.78 is 13.7. The predicted molar refractivity (Wildman–Crippen MR) is 129 cm³/mol. The van der Waals surface area contributed by atoms with Crippen LogP contribution in [0.5, 0.6) is 11.5 Å². The molecule has 0 saturated heterocycles. The number of ether oxygens (including phenoxy) is 2. The molecule has 0 unspecified atom stereocenters. The van der Waals surface area contributed by atoms with E-state index in [1.165, 1.54) is 24.9 Å². The fourth-order valence-corrected chi connectivity index (χ4v) is 3.78. The van der Waals surface area contributed by atoms with Crippen LogP contribution >= 0.6 is 31.9 Å². The average molecular weight is 567 g/mol. The number of hydrogen-bond donors (Lipinski definition) is 1. The molecule has 0 saturated carbocycles. The molecule has 32 heavy (non-hydrogen) atoms. The summed E-state index contributed by atoms with van der Waals surface area (Å²) in [6, 6.07) is 8.65. The molecule has 3 rings (SSSR count). The largest absolute Gasteiger partial charge is 0.493 e. The molecule has 1 N–H and O–H groups in total. The number of methoxy groups -OCH3 is 1. The Morgan fingerprint density at radius 1 is 1.19 bits per heavy atom. The molecule has 0 aliphatic heterocycles. The Balaban J connectivity index is 2.20. The first kappa shape index (κ1) is 23.9. The molecule has 2 aromatic carbocycles. The third kappa shape index (κ3) is 5.02. The van der Waals surface area contributed by atoms with Gasteiger partial charge in [-0.1, -0.05) is 45.7 Å². The lowest BCUT2D eigenvalue weighted by molar-refractivity contribution is -0.144. The van der Waals surface area contributed by atoms with Crippen LogP contribution in [0.25, 0.3) is 10.9 Å². The SMILES string of the molecule is COc1cc(Br)cc(C=Nn2c(C(C)C)nc3ccc(Br)cc3c2=O)c1O[C@@H](C)C(=O)O. The van der Waals surface area contributed by atoms with Crippen molar-refractivity contribution >= 4 is 54.9 Å². The second-order valence-electron chi connectivity index (χ2n) is 7.27. The van der Waals surface area contributed by atoms with Gasteiger partial charge in [-0.25, -0.2) is 9.78 Å². The normalized spacial score (nSPS) is 12.5. The van der Waals surface area contributed by atoms with Crippen molar-refractivity contribution in [2.75, 3.05) is 7.11 Å². The van der Waals surface area contributed by atoms with Gasteiger partial charge in [-0.15, -0.1) is 0 Å². The number of carboxylic acids is 1. The van der Waals surface area contributed by atoms with Gasteiger partial charge in [0.15, 0.2) is 17.6 Å².